The summed E-state index contributed by atoms with van der Waals surface area (Å²) in [7, 11) is -7.59. The topological polar surface area (TPSA) is 267 Å². The number of sulfonamides is 2. The Hall–Kier alpha value is -6.14. The van der Waals surface area contributed by atoms with E-state index < -0.39 is 25.1 Å². The van der Waals surface area contributed by atoms with E-state index in [1.807, 2.05) is 49.2 Å². The Labute approximate surface area is 450 Å². The van der Waals surface area contributed by atoms with Crippen molar-refractivity contribution >= 4 is 42.1 Å². The molecule has 4 aromatic heterocycles. The number of rotatable bonds is 24. The lowest BCUT2D eigenvalue weighted by molar-refractivity contribution is -0.758. The number of H-pyrrole nitrogens is 2. The van der Waals surface area contributed by atoms with Gasteiger partial charge in [0.1, 0.15) is 34.2 Å². The fourth-order valence-corrected chi connectivity index (χ4v) is 13.2. The molecular weight excluding hydrogens is 1030 g/mol. The molecule has 0 radical (unpaired) electrons. The molecule has 0 amide bonds. The maximum absolute atomic E-state index is 13.6. The number of hydrogen-bond donors (Lipinski definition) is 3. The summed E-state index contributed by atoms with van der Waals surface area (Å²) in [5.74, 6) is 1.98. The summed E-state index contributed by atoms with van der Waals surface area (Å²) < 4.78 is 73.0. The van der Waals surface area contributed by atoms with Crippen LogP contribution in [-0.4, -0.2) is 117 Å². The largest absolute Gasteiger partial charge is 0.493 e. The highest BCUT2D eigenvalue weighted by Crippen LogP contribution is 2.36. The van der Waals surface area contributed by atoms with E-state index in [9.17, 15) is 41.6 Å². The maximum Gasteiger partial charge on any atom is 0.294 e. The highest BCUT2D eigenvalue weighted by atomic mass is 32.2. The van der Waals surface area contributed by atoms with Gasteiger partial charge in [-0.15, -0.1) is 10.1 Å². The average molecular weight is 1110 g/mol. The van der Waals surface area contributed by atoms with Crippen LogP contribution in [0.5, 0.6) is 11.5 Å². The first kappa shape index (κ1) is 58.5. The number of nitrogens with zero attached hydrogens (tertiary/aromatic N) is 7. The lowest BCUT2D eigenvalue weighted by atomic mass is 9.95. The molecular formula is C54H75N9O12S2. The van der Waals surface area contributed by atoms with Crippen LogP contribution in [-0.2, 0) is 50.8 Å². The third-order valence-corrected chi connectivity index (χ3v) is 18.1. The van der Waals surface area contributed by atoms with Gasteiger partial charge >= 0.3 is 0 Å². The Morgan fingerprint density at radius 1 is 0.636 bits per heavy atom. The molecule has 0 saturated carbocycles. The van der Waals surface area contributed by atoms with Gasteiger partial charge in [0, 0.05) is 58.3 Å². The third-order valence-electron chi connectivity index (χ3n) is 14.3. The molecule has 3 N–H and O–H groups in total. The van der Waals surface area contributed by atoms with Crippen LogP contribution < -0.4 is 20.6 Å². The van der Waals surface area contributed by atoms with E-state index >= 15 is 0 Å². The number of aliphatic hydroxyl groups excluding tert-OH is 1. The first-order valence-corrected chi connectivity index (χ1v) is 30.1. The summed E-state index contributed by atoms with van der Waals surface area (Å²) >= 11 is 0. The molecule has 420 valence electrons. The van der Waals surface area contributed by atoms with Gasteiger partial charge in [-0.2, -0.15) is 8.61 Å². The molecule has 8 rings (SSSR count). The summed E-state index contributed by atoms with van der Waals surface area (Å²) in [4.78, 5) is 56.9. The predicted octanol–water partition coefficient (Wildman–Crippen LogP) is 8.09. The zero-order valence-corrected chi connectivity index (χ0v) is 46.8. The van der Waals surface area contributed by atoms with Crippen LogP contribution in [0.15, 0.2) is 68.2 Å². The molecule has 2 saturated heterocycles. The monoisotopic (exact) mass is 1110 g/mol. The molecule has 0 aliphatic carbocycles. The fourth-order valence-electron chi connectivity index (χ4n) is 10.2. The SMILES string of the molecule is CCCOc1ccc(S(=O)(=O)N2CCC(CCO)CC2)cc1-c1nc2c(CCC)cn(CC)c2c(=O)[nH]1.CCCOc1ccc(S(=O)(=O)N2CCC(CCO[N+](=O)[O-])CC2)cc1-c1nc2c(CCC)cn(CC)c2c(=O)[nH]1. The molecule has 2 aromatic carbocycles. The fraction of sp³-hybridized carbons (Fsp3) is 0.556. The molecule has 0 atom stereocenters. The second-order valence-corrected chi connectivity index (χ2v) is 23.5. The third kappa shape index (κ3) is 13.4. The van der Waals surface area contributed by atoms with Crippen molar-refractivity contribution in [2.24, 2.45) is 11.8 Å². The lowest BCUT2D eigenvalue weighted by Gasteiger charge is -2.31. The maximum atomic E-state index is 13.6. The van der Waals surface area contributed by atoms with Crippen molar-refractivity contribution < 1.29 is 41.3 Å². The molecule has 0 unspecified atom stereocenters. The van der Waals surface area contributed by atoms with E-state index in [-0.39, 0.29) is 45.9 Å². The van der Waals surface area contributed by atoms with Gasteiger partial charge in [0.2, 0.25) is 20.0 Å². The van der Waals surface area contributed by atoms with Gasteiger partial charge in [-0.3, -0.25) is 9.59 Å². The Morgan fingerprint density at radius 3 is 1.42 bits per heavy atom. The zero-order valence-electron chi connectivity index (χ0n) is 45.2. The van der Waals surface area contributed by atoms with Gasteiger partial charge in [0.25, 0.3) is 16.2 Å². The van der Waals surface area contributed by atoms with Gasteiger partial charge in [0.05, 0.1) is 51.8 Å². The number of nitrogens with one attached hydrogen (secondary N) is 2. The number of hydrogen-bond acceptors (Lipinski definition) is 14. The molecule has 23 heteroatoms. The van der Waals surface area contributed by atoms with Crippen molar-refractivity contribution in [3.8, 4) is 34.3 Å². The number of piperidine rings is 2. The van der Waals surface area contributed by atoms with Crippen LogP contribution in [0, 0.1) is 22.0 Å². The quantitative estimate of drug-likeness (QED) is 0.0382. The first-order chi connectivity index (χ1) is 37.0. The minimum atomic E-state index is -3.84. The van der Waals surface area contributed by atoms with Gasteiger partial charge in [0.15, 0.2) is 0 Å². The number of aromatic amines is 2. The number of aliphatic hydroxyl groups is 1. The van der Waals surface area contributed by atoms with Crippen molar-refractivity contribution in [1.29, 1.82) is 0 Å². The zero-order chi connectivity index (χ0) is 55.4. The molecule has 6 aromatic rings. The van der Waals surface area contributed by atoms with Gasteiger partial charge in [-0.1, -0.05) is 40.5 Å². The Kier molecular flexibility index (Phi) is 20.1. The Morgan fingerprint density at radius 2 is 1.05 bits per heavy atom. The first-order valence-electron chi connectivity index (χ1n) is 27.2. The highest BCUT2D eigenvalue weighted by Gasteiger charge is 2.32. The molecule has 77 heavy (non-hydrogen) atoms. The molecule has 0 spiro atoms. The standard InChI is InChI=1S/C27H37N5O7S.C27H38N4O5S/c1-4-7-20-18-30(6-3)25-24(20)28-26(29-27(25)33)22-17-21(8-9-23(22)38-15-5-2)40(36,37)31-13-10-19(11-14-31)12-16-39-32(34)35;1-4-7-20-18-30(6-3)25-24(20)28-26(29-27(25)33)22-17-21(8-9-23(22)36-16-5-2)37(34,35)31-13-10-19(11-14-31)12-15-32/h8-9,17-19H,4-7,10-16H2,1-3H3,(H,28,29,33);8-9,17-19,32H,4-7,10-16H2,1-3H3,(H,28,29,33). The number of aromatic nitrogens is 6. The molecule has 6 heterocycles. The summed E-state index contributed by atoms with van der Waals surface area (Å²) in [5, 5.41) is 18.8. The summed E-state index contributed by atoms with van der Waals surface area (Å²) in [6.45, 7) is 15.8. The van der Waals surface area contributed by atoms with E-state index in [0.717, 1.165) is 62.5 Å². The molecule has 21 nitrogen and oxygen atoms in total. The van der Waals surface area contributed by atoms with Crippen LogP contribution in [0.4, 0.5) is 0 Å². The second kappa shape index (κ2) is 26.5. The van der Waals surface area contributed by atoms with Crippen LogP contribution in [0.3, 0.4) is 0 Å². The van der Waals surface area contributed by atoms with E-state index in [1.165, 1.54) is 20.7 Å². The van der Waals surface area contributed by atoms with Crippen molar-refractivity contribution in [2.45, 2.75) is 141 Å². The van der Waals surface area contributed by atoms with E-state index in [0.29, 0.717) is 135 Å². The van der Waals surface area contributed by atoms with Crippen molar-refractivity contribution in [3.63, 3.8) is 0 Å². The lowest BCUT2D eigenvalue weighted by Crippen LogP contribution is -2.38. The summed E-state index contributed by atoms with van der Waals surface area (Å²) in [6.07, 6.45) is 12.7. The number of fused-ring (bicyclic) bond motifs is 2. The number of ether oxygens (including phenoxy) is 2. The average Bonchev–Trinajstić information content (AvgIpc) is 4.01. The highest BCUT2D eigenvalue weighted by molar-refractivity contribution is 7.89. The van der Waals surface area contributed by atoms with E-state index in [2.05, 4.69) is 28.7 Å². The number of benzene rings is 2. The minimum absolute atomic E-state index is 0.00412. The predicted molar refractivity (Wildman–Crippen MR) is 295 cm³/mol. The van der Waals surface area contributed by atoms with Crippen LogP contribution in [0.25, 0.3) is 44.8 Å². The second-order valence-electron chi connectivity index (χ2n) is 19.7. The number of aryl methyl sites for hydroxylation is 4. The van der Waals surface area contributed by atoms with Crippen LogP contribution >= 0.6 is 0 Å². The molecule has 0 bridgehead atoms. The molecule has 2 aliphatic heterocycles. The van der Waals surface area contributed by atoms with Crippen molar-refractivity contribution in [2.75, 3.05) is 52.6 Å². The van der Waals surface area contributed by atoms with Crippen LogP contribution in [0.1, 0.15) is 117 Å². The normalized spacial score (nSPS) is 15.2. The Balaban J connectivity index is 0.000000224. The molecule has 2 aliphatic rings. The molecule has 2 fully saturated rings. The minimum Gasteiger partial charge on any atom is -0.493 e. The Bertz CT molecular complexity index is 3340. The van der Waals surface area contributed by atoms with Crippen LogP contribution in [0.2, 0.25) is 0 Å². The van der Waals surface area contributed by atoms with Crippen molar-refractivity contribution in [1.82, 2.24) is 37.7 Å². The summed E-state index contributed by atoms with van der Waals surface area (Å²) in [5.41, 5.74) is 4.56. The van der Waals surface area contributed by atoms with Gasteiger partial charge in [-0.25, -0.2) is 26.8 Å². The van der Waals surface area contributed by atoms with Gasteiger partial charge in [-0.05, 0) is 137 Å². The smallest absolute Gasteiger partial charge is 0.294 e. The van der Waals surface area contributed by atoms with Gasteiger partial charge < -0.3 is 38.5 Å². The van der Waals surface area contributed by atoms with E-state index in [4.69, 9.17) is 19.4 Å². The van der Waals surface area contributed by atoms with E-state index in [1.54, 1.807) is 24.3 Å². The van der Waals surface area contributed by atoms with Crippen molar-refractivity contribution in [3.05, 3.63) is 90.7 Å². The summed E-state index contributed by atoms with van der Waals surface area (Å²) in [6, 6.07) is 9.46.